The van der Waals surface area contributed by atoms with E-state index in [1.807, 2.05) is 94.4 Å². The quantitative estimate of drug-likeness (QED) is 0.0434. The number of para-hydroxylation sites is 1. The first kappa shape index (κ1) is 56.1. The molecule has 18 nitrogen and oxygen atoms in total. The first-order valence-corrected chi connectivity index (χ1v) is 27.3. The third-order valence-electron chi connectivity index (χ3n) is 13.1. The third kappa shape index (κ3) is 15.7. The van der Waals surface area contributed by atoms with Crippen molar-refractivity contribution in [2.75, 3.05) is 87.9 Å². The Morgan fingerprint density at radius 2 is 1.61 bits per heavy atom. The molecular formula is C53H69ClN10O8S2. The summed E-state index contributed by atoms with van der Waals surface area (Å²) < 4.78 is 17.2. The van der Waals surface area contributed by atoms with Crippen LogP contribution in [0.4, 0.5) is 22.5 Å². The van der Waals surface area contributed by atoms with Crippen molar-refractivity contribution in [3.63, 3.8) is 0 Å². The highest BCUT2D eigenvalue weighted by molar-refractivity contribution is 7.17. The molecule has 74 heavy (non-hydrogen) atoms. The number of amides is 4. The maximum absolute atomic E-state index is 14.0. The number of rotatable bonds is 24. The van der Waals surface area contributed by atoms with Crippen LogP contribution < -0.4 is 20.9 Å². The number of hydrogen-bond acceptors (Lipinski definition) is 16. The minimum absolute atomic E-state index is 0.0326. The summed E-state index contributed by atoms with van der Waals surface area (Å²) in [5, 5.41) is 20.7. The molecular weight excluding hydrogens is 1000 g/mol. The number of unbranched alkanes of at least 4 members (excludes halogenated alkanes) is 1. The molecule has 5 heterocycles. The average molecular weight is 1070 g/mol. The Balaban J connectivity index is 0.724. The average Bonchev–Trinajstić information content (AvgIpc) is 4.14. The Bertz CT molecular complexity index is 2650. The largest absolute Gasteiger partial charge is 0.391 e. The van der Waals surface area contributed by atoms with Crippen molar-refractivity contribution in [1.29, 1.82) is 0 Å². The number of carbonyl (C=O) groups excluding carboxylic acids is 4. The maximum atomic E-state index is 14.0. The van der Waals surface area contributed by atoms with Gasteiger partial charge in [0.05, 0.1) is 78.5 Å². The van der Waals surface area contributed by atoms with Gasteiger partial charge >= 0.3 is 0 Å². The lowest BCUT2D eigenvalue weighted by Gasteiger charge is -2.35. The zero-order valence-electron chi connectivity index (χ0n) is 43.2. The number of thiazole rings is 2. The summed E-state index contributed by atoms with van der Waals surface area (Å²) in [6.07, 6.45) is 3.42. The molecule has 2 saturated heterocycles. The number of aliphatic hydroxyl groups is 1. The third-order valence-corrected chi connectivity index (χ3v) is 15.3. The van der Waals surface area contributed by atoms with Gasteiger partial charge in [-0.15, -0.1) is 11.3 Å². The van der Waals surface area contributed by atoms with Crippen LogP contribution in [0.3, 0.4) is 0 Å². The second kappa shape index (κ2) is 26.7. The molecule has 4 N–H and O–H groups in total. The van der Waals surface area contributed by atoms with Crippen molar-refractivity contribution in [1.82, 2.24) is 35.1 Å². The Morgan fingerprint density at radius 1 is 0.892 bits per heavy atom. The van der Waals surface area contributed by atoms with Gasteiger partial charge in [0.25, 0.3) is 5.91 Å². The number of hydrogen-bond donors (Lipinski definition) is 4. The van der Waals surface area contributed by atoms with Crippen LogP contribution in [0.25, 0.3) is 10.4 Å². The van der Waals surface area contributed by atoms with Crippen LogP contribution >= 0.6 is 34.3 Å². The molecule has 398 valence electrons. The molecule has 3 aromatic heterocycles. The van der Waals surface area contributed by atoms with Gasteiger partial charge < -0.3 is 50.0 Å². The molecule has 2 aliphatic heterocycles. The van der Waals surface area contributed by atoms with Crippen molar-refractivity contribution in [2.45, 2.75) is 92.3 Å². The molecule has 2 aliphatic rings. The first-order chi connectivity index (χ1) is 35.5. The van der Waals surface area contributed by atoms with Gasteiger partial charge in [-0.25, -0.2) is 19.9 Å². The van der Waals surface area contributed by atoms with E-state index in [0.29, 0.717) is 111 Å². The van der Waals surface area contributed by atoms with Crippen LogP contribution in [-0.2, 0) is 35.1 Å². The fraction of sp³-hybridized carbons (Fsp3) is 0.509. The van der Waals surface area contributed by atoms with Crippen molar-refractivity contribution in [3.8, 4) is 10.4 Å². The van der Waals surface area contributed by atoms with Gasteiger partial charge in [0.1, 0.15) is 28.4 Å². The predicted octanol–water partition coefficient (Wildman–Crippen LogP) is 7.83. The monoisotopic (exact) mass is 1070 g/mol. The molecule has 0 unspecified atom stereocenters. The van der Waals surface area contributed by atoms with Crippen LogP contribution in [0.15, 0.2) is 60.2 Å². The number of ether oxygens (including phenoxy) is 3. The van der Waals surface area contributed by atoms with Gasteiger partial charge in [0, 0.05) is 64.3 Å². The molecule has 7 rings (SSSR count). The van der Waals surface area contributed by atoms with E-state index in [9.17, 15) is 24.3 Å². The van der Waals surface area contributed by atoms with E-state index < -0.39 is 12.1 Å². The lowest BCUT2D eigenvalue weighted by atomic mass is 9.77. The summed E-state index contributed by atoms with van der Waals surface area (Å²) in [6, 6.07) is 14.6. The molecule has 21 heteroatoms. The number of aryl methyl sites for hydroxylation is 3. The zero-order chi connectivity index (χ0) is 52.8. The fourth-order valence-electron chi connectivity index (χ4n) is 8.98. The second-order valence-electron chi connectivity index (χ2n) is 19.6. The van der Waals surface area contributed by atoms with E-state index in [-0.39, 0.29) is 54.3 Å². The van der Waals surface area contributed by atoms with Gasteiger partial charge in [-0.2, -0.15) is 0 Å². The van der Waals surface area contributed by atoms with Crippen molar-refractivity contribution < 1.29 is 38.5 Å². The minimum atomic E-state index is -0.756. The molecule has 0 spiro atoms. The number of halogens is 1. The lowest BCUT2D eigenvalue weighted by Crippen LogP contribution is -2.49. The molecule has 2 aromatic carbocycles. The van der Waals surface area contributed by atoms with E-state index in [2.05, 4.69) is 40.8 Å². The topological polar surface area (TPSA) is 214 Å². The number of likely N-dealkylation sites (tertiary alicyclic amines) is 1. The Hall–Kier alpha value is -5.61. The highest BCUT2D eigenvalue weighted by Crippen LogP contribution is 2.35. The summed E-state index contributed by atoms with van der Waals surface area (Å²) in [6.45, 7) is 17.0. The number of anilines is 4. The van der Waals surface area contributed by atoms with E-state index in [1.165, 1.54) is 17.5 Å². The fourth-order valence-corrected chi connectivity index (χ4v) is 10.8. The van der Waals surface area contributed by atoms with Crippen molar-refractivity contribution in [2.24, 2.45) is 11.3 Å². The molecule has 0 saturated carbocycles. The van der Waals surface area contributed by atoms with Crippen molar-refractivity contribution >= 4 is 80.4 Å². The number of β-amino-alcohol motifs (C(OH)–C–C–N with tert-alkyl or cyclic N) is 1. The number of benzene rings is 2. The number of nitrogens with zero attached hydrogens (tertiary/aromatic N) is 7. The summed E-state index contributed by atoms with van der Waals surface area (Å²) in [5.41, 5.74) is 5.93. The zero-order valence-corrected chi connectivity index (χ0v) is 45.5. The molecule has 4 amide bonds. The van der Waals surface area contributed by atoms with E-state index in [4.69, 9.17) is 25.8 Å². The SMILES string of the molecule is Cc1nc(Nc2ncc(C(=O)Nc3c(C)cccc3Cl)s2)cc(N2CCN(C(=O)CCOCCOCCOCCCC[C@H](C(=O)N3C[C@H](O)C[C@H]3C(=O)NCc3ccc(-c4scnc4C)cc3)C(C)(C)C)CC2)n1. The van der Waals surface area contributed by atoms with Gasteiger partial charge in [-0.05, 0) is 61.8 Å². The predicted molar refractivity (Wildman–Crippen MR) is 289 cm³/mol. The summed E-state index contributed by atoms with van der Waals surface area (Å²) >= 11 is 9.09. The Morgan fingerprint density at radius 3 is 2.30 bits per heavy atom. The summed E-state index contributed by atoms with van der Waals surface area (Å²) in [7, 11) is 0. The highest BCUT2D eigenvalue weighted by atomic mass is 35.5. The minimum Gasteiger partial charge on any atom is -0.391 e. The number of aromatic nitrogens is 4. The Kier molecular flexibility index (Phi) is 20.3. The number of aliphatic hydroxyl groups excluding tert-OH is 1. The van der Waals surface area contributed by atoms with Crippen LogP contribution in [0.2, 0.25) is 5.02 Å². The second-order valence-corrected chi connectivity index (χ2v) is 21.9. The summed E-state index contributed by atoms with van der Waals surface area (Å²) in [4.78, 5) is 78.4. The molecule has 0 radical (unpaired) electrons. The smallest absolute Gasteiger partial charge is 0.267 e. The van der Waals surface area contributed by atoms with Crippen LogP contribution in [0, 0.1) is 32.1 Å². The van der Waals surface area contributed by atoms with E-state index in [1.54, 1.807) is 22.3 Å². The molecule has 0 bridgehead atoms. The molecule has 3 atom stereocenters. The van der Waals surface area contributed by atoms with Gasteiger partial charge in [0.2, 0.25) is 17.7 Å². The highest BCUT2D eigenvalue weighted by Gasteiger charge is 2.43. The van der Waals surface area contributed by atoms with Crippen molar-refractivity contribution in [3.05, 3.63) is 92.8 Å². The molecule has 2 fully saturated rings. The Labute approximate surface area is 446 Å². The van der Waals surface area contributed by atoms with Crippen LogP contribution in [-0.4, -0.2) is 143 Å². The van der Waals surface area contributed by atoms with Crippen LogP contribution in [0.1, 0.15) is 85.2 Å². The van der Waals surface area contributed by atoms with Gasteiger partial charge in [-0.1, -0.05) is 86.5 Å². The van der Waals surface area contributed by atoms with Gasteiger partial charge in [0.15, 0.2) is 5.13 Å². The first-order valence-electron chi connectivity index (χ1n) is 25.2. The molecule has 0 aliphatic carbocycles. The maximum Gasteiger partial charge on any atom is 0.267 e. The van der Waals surface area contributed by atoms with E-state index in [0.717, 1.165) is 45.9 Å². The van der Waals surface area contributed by atoms with E-state index >= 15 is 0 Å². The number of piperazine rings is 1. The summed E-state index contributed by atoms with van der Waals surface area (Å²) in [5.74, 6) is 0.900. The standard InChI is InChI=1S/C53H69ClN10O8S2/c1-34-10-9-12-41(54)47(34)61-50(68)43-31-56-52(74-43)60-44-29-45(59-36(3)58-44)62-18-20-63(21-19-62)46(66)17-23-71-25-27-72-26-24-70-22-8-7-11-40(53(4,5)6)51(69)64-32-39(65)28-42(64)49(67)55-30-37-13-15-38(16-14-37)48-35(2)57-33-73-48/h9-10,12-16,29,31,33,39-40,42,65H,7-8,11,17-28,30,32H2,1-6H3,(H,55,67)(H,61,68)(H,56,58,59,60)/t39-,40-,42+/m1/s1. The van der Waals surface area contributed by atoms with Gasteiger partial charge in [-0.3, -0.25) is 19.2 Å². The molecule has 5 aromatic rings. The number of nitrogens with one attached hydrogen (secondary N) is 3. The van der Waals surface area contributed by atoms with Crippen LogP contribution in [0.5, 0.6) is 0 Å². The normalized spacial score (nSPS) is 16.4. The lowest BCUT2D eigenvalue weighted by molar-refractivity contribution is -0.145. The number of carbonyl (C=O) groups is 4.